The average Bonchev–Trinajstić information content (AvgIpc) is 2.34. The number of nitrogens with zero attached hydrogens (tertiary/aromatic N) is 1. The van der Waals surface area contributed by atoms with Crippen LogP contribution in [0.3, 0.4) is 0 Å². The summed E-state index contributed by atoms with van der Waals surface area (Å²) in [5.41, 5.74) is 0.677. The molecule has 0 spiro atoms. The quantitative estimate of drug-likeness (QED) is 0.809. The highest BCUT2D eigenvalue weighted by Crippen LogP contribution is 2.28. The third kappa shape index (κ3) is 2.60. The lowest BCUT2D eigenvalue weighted by atomic mass is 10.1. The molecule has 0 aliphatic rings. The van der Waals surface area contributed by atoms with Crippen molar-refractivity contribution in [3.8, 4) is 0 Å². The van der Waals surface area contributed by atoms with Crippen LogP contribution in [-0.4, -0.2) is 27.1 Å². The Bertz CT molecular complexity index is 650. The summed E-state index contributed by atoms with van der Waals surface area (Å²) in [4.78, 5) is 0. The van der Waals surface area contributed by atoms with E-state index in [0.29, 0.717) is 5.69 Å². The van der Waals surface area contributed by atoms with Crippen LogP contribution < -0.4 is 4.31 Å². The summed E-state index contributed by atoms with van der Waals surface area (Å²) < 4.78 is 25.0. The molecular formula is C13H14ClNO2S. The van der Waals surface area contributed by atoms with E-state index in [2.05, 4.69) is 0 Å². The van der Waals surface area contributed by atoms with E-state index in [1.807, 2.05) is 36.4 Å². The third-order valence-corrected chi connectivity index (χ3v) is 4.07. The topological polar surface area (TPSA) is 37.4 Å². The monoisotopic (exact) mass is 283 g/mol. The number of anilines is 1. The van der Waals surface area contributed by atoms with E-state index in [4.69, 9.17) is 11.6 Å². The van der Waals surface area contributed by atoms with Gasteiger partial charge in [0.15, 0.2) is 0 Å². The van der Waals surface area contributed by atoms with E-state index < -0.39 is 10.0 Å². The first kappa shape index (κ1) is 13.2. The average molecular weight is 284 g/mol. The number of hydrogen-bond donors (Lipinski definition) is 0. The predicted molar refractivity (Wildman–Crippen MR) is 76.9 cm³/mol. The molecular weight excluding hydrogens is 270 g/mol. The number of hydrogen-bond acceptors (Lipinski definition) is 2. The van der Waals surface area contributed by atoms with Crippen LogP contribution in [0.2, 0.25) is 0 Å². The van der Waals surface area contributed by atoms with Gasteiger partial charge in [0.05, 0.1) is 11.9 Å². The van der Waals surface area contributed by atoms with Crippen LogP contribution in [0.15, 0.2) is 42.5 Å². The summed E-state index contributed by atoms with van der Waals surface area (Å²) in [6.07, 6.45) is 1.20. The van der Waals surface area contributed by atoms with Crippen molar-refractivity contribution in [2.24, 2.45) is 0 Å². The Balaban J connectivity index is 2.65. The van der Waals surface area contributed by atoms with Gasteiger partial charge >= 0.3 is 0 Å². The molecule has 2 aromatic carbocycles. The third-order valence-electron chi connectivity index (χ3n) is 2.72. The van der Waals surface area contributed by atoms with Gasteiger partial charge in [0.25, 0.3) is 0 Å². The van der Waals surface area contributed by atoms with E-state index >= 15 is 0 Å². The van der Waals surface area contributed by atoms with Gasteiger partial charge < -0.3 is 0 Å². The molecule has 0 N–H and O–H groups in total. The van der Waals surface area contributed by atoms with Gasteiger partial charge in [0.2, 0.25) is 10.0 Å². The molecule has 2 aromatic rings. The Kier molecular flexibility index (Phi) is 3.78. The first-order valence-electron chi connectivity index (χ1n) is 5.55. The number of alkyl halides is 1. The van der Waals surface area contributed by atoms with Gasteiger partial charge in [-0.05, 0) is 11.5 Å². The smallest absolute Gasteiger partial charge is 0.232 e. The van der Waals surface area contributed by atoms with E-state index in [9.17, 15) is 8.42 Å². The largest absolute Gasteiger partial charge is 0.269 e. The fourth-order valence-electron chi connectivity index (χ4n) is 1.97. The van der Waals surface area contributed by atoms with Crippen molar-refractivity contribution in [2.45, 2.75) is 0 Å². The first-order valence-corrected chi connectivity index (χ1v) is 7.94. The van der Waals surface area contributed by atoms with Crippen molar-refractivity contribution >= 4 is 38.1 Å². The van der Waals surface area contributed by atoms with Crippen LogP contribution in [-0.2, 0) is 10.0 Å². The number of rotatable bonds is 4. The fraction of sp³-hybridized carbons (Fsp3) is 0.231. The molecule has 3 nitrogen and oxygen atoms in total. The molecule has 0 amide bonds. The number of fused-ring (bicyclic) bond motifs is 1. The molecule has 0 fully saturated rings. The van der Waals surface area contributed by atoms with Crippen molar-refractivity contribution < 1.29 is 8.42 Å². The second-order valence-corrected chi connectivity index (χ2v) is 6.31. The summed E-state index contributed by atoms with van der Waals surface area (Å²) in [6, 6.07) is 13.3. The summed E-state index contributed by atoms with van der Waals surface area (Å²) in [5, 5.41) is 1.92. The van der Waals surface area contributed by atoms with E-state index in [-0.39, 0.29) is 12.4 Å². The molecule has 2 rings (SSSR count). The minimum atomic E-state index is -3.32. The van der Waals surface area contributed by atoms with Crippen LogP contribution in [0.4, 0.5) is 5.69 Å². The van der Waals surface area contributed by atoms with E-state index in [1.54, 1.807) is 6.07 Å². The Morgan fingerprint density at radius 3 is 2.44 bits per heavy atom. The van der Waals surface area contributed by atoms with Gasteiger partial charge in [-0.3, -0.25) is 4.31 Å². The SMILES string of the molecule is CS(=O)(=O)N(CCCl)c1cccc2ccccc12. The molecule has 18 heavy (non-hydrogen) atoms. The molecule has 0 heterocycles. The molecule has 96 valence electrons. The second kappa shape index (κ2) is 5.16. The summed E-state index contributed by atoms with van der Waals surface area (Å²) in [5.74, 6) is 0.260. The molecule has 0 saturated heterocycles. The molecule has 0 radical (unpaired) electrons. The lowest BCUT2D eigenvalue weighted by Gasteiger charge is -2.22. The normalized spacial score (nSPS) is 11.7. The number of benzene rings is 2. The fourth-order valence-corrected chi connectivity index (χ4v) is 3.18. The maximum Gasteiger partial charge on any atom is 0.232 e. The van der Waals surface area contributed by atoms with Crippen molar-refractivity contribution in [2.75, 3.05) is 23.0 Å². The van der Waals surface area contributed by atoms with Crippen molar-refractivity contribution in [1.82, 2.24) is 0 Å². The second-order valence-electron chi connectivity index (χ2n) is 4.02. The summed E-state index contributed by atoms with van der Waals surface area (Å²) in [6.45, 7) is 0.272. The number of sulfonamides is 1. The van der Waals surface area contributed by atoms with Crippen LogP contribution in [0.1, 0.15) is 0 Å². The zero-order chi connectivity index (χ0) is 13.2. The minimum absolute atomic E-state index is 0.260. The molecule has 0 aromatic heterocycles. The predicted octanol–water partition coefficient (Wildman–Crippen LogP) is 2.84. The van der Waals surface area contributed by atoms with Gasteiger partial charge in [-0.2, -0.15) is 0 Å². The van der Waals surface area contributed by atoms with Gasteiger partial charge in [-0.25, -0.2) is 8.42 Å². The molecule has 0 atom stereocenters. The van der Waals surface area contributed by atoms with E-state index in [0.717, 1.165) is 10.8 Å². The zero-order valence-corrected chi connectivity index (χ0v) is 11.6. The molecule has 0 saturated carbocycles. The highest BCUT2D eigenvalue weighted by Gasteiger charge is 2.18. The minimum Gasteiger partial charge on any atom is -0.269 e. The molecule has 5 heteroatoms. The summed E-state index contributed by atoms with van der Waals surface area (Å²) >= 11 is 5.70. The van der Waals surface area contributed by atoms with Crippen molar-refractivity contribution in [1.29, 1.82) is 0 Å². The van der Waals surface area contributed by atoms with Gasteiger partial charge in [0, 0.05) is 17.8 Å². The lowest BCUT2D eigenvalue weighted by molar-refractivity contribution is 0.598. The summed E-state index contributed by atoms with van der Waals surface area (Å²) in [7, 11) is -3.32. The standard InChI is InChI=1S/C13H14ClNO2S/c1-18(16,17)15(10-9-14)13-8-4-6-11-5-2-3-7-12(11)13/h2-8H,9-10H2,1H3. The lowest BCUT2D eigenvalue weighted by Crippen LogP contribution is -2.31. The van der Waals surface area contributed by atoms with Gasteiger partial charge in [0.1, 0.15) is 0 Å². The molecule has 0 unspecified atom stereocenters. The first-order chi connectivity index (χ1) is 8.54. The maximum atomic E-state index is 11.8. The van der Waals surface area contributed by atoms with Crippen LogP contribution in [0, 0.1) is 0 Å². The number of halogens is 1. The Morgan fingerprint density at radius 1 is 1.11 bits per heavy atom. The van der Waals surface area contributed by atoms with Gasteiger partial charge in [-0.1, -0.05) is 36.4 Å². The van der Waals surface area contributed by atoms with E-state index in [1.165, 1.54) is 10.6 Å². The highest BCUT2D eigenvalue weighted by atomic mass is 35.5. The van der Waals surface area contributed by atoms with Crippen LogP contribution >= 0.6 is 11.6 Å². The molecule has 0 aliphatic heterocycles. The Labute approximate surface area is 112 Å². The molecule has 0 aliphatic carbocycles. The van der Waals surface area contributed by atoms with Crippen LogP contribution in [0.25, 0.3) is 10.8 Å². The van der Waals surface area contributed by atoms with Crippen molar-refractivity contribution in [3.05, 3.63) is 42.5 Å². The molecule has 0 bridgehead atoms. The van der Waals surface area contributed by atoms with Crippen LogP contribution in [0.5, 0.6) is 0 Å². The van der Waals surface area contributed by atoms with Crippen molar-refractivity contribution in [3.63, 3.8) is 0 Å². The Morgan fingerprint density at radius 2 is 1.78 bits per heavy atom. The highest BCUT2D eigenvalue weighted by molar-refractivity contribution is 7.92. The maximum absolute atomic E-state index is 11.8. The van der Waals surface area contributed by atoms with Gasteiger partial charge in [-0.15, -0.1) is 11.6 Å². The zero-order valence-electron chi connectivity index (χ0n) is 10.0. The Hall–Kier alpha value is -1.26.